The molecule has 88 valence electrons. The van der Waals surface area contributed by atoms with Gasteiger partial charge in [-0.15, -0.1) is 0 Å². The number of hydrogen-bond acceptors (Lipinski definition) is 5. The van der Waals surface area contributed by atoms with E-state index in [1.807, 2.05) is 19.1 Å². The molecule has 17 heavy (non-hydrogen) atoms. The van der Waals surface area contributed by atoms with E-state index in [0.717, 1.165) is 28.6 Å². The molecule has 0 saturated heterocycles. The standard InChI is InChI=1S/C12H14N4O/c1-7-11-8(2)14-9-4-5-10(17-3)15-12(9)16(11)6-13-7/h4-5,14H,6H2,1-3H3. The fraction of sp³-hybridized carbons (Fsp3) is 0.333. The van der Waals surface area contributed by atoms with Gasteiger partial charge in [-0.25, -0.2) is 0 Å². The number of aliphatic imine (C=N–C) groups is 1. The highest BCUT2D eigenvalue weighted by Crippen LogP contribution is 2.37. The molecule has 2 aliphatic rings. The number of hydrogen-bond donors (Lipinski definition) is 1. The number of ether oxygens (including phenoxy) is 1. The maximum atomic E-state index is 5.16. The molecule has 0 fully saturated rings. The van der Waals surface area contributed by atoms with Crippen LogP contribution in [0.3, 0.4) is 0 Å². The van der Waals surface area contributed by atoms with Crippen molar-refractivity contribution >= 4 is 17.2 Å². The third kappa shape index (κ3) is 1.39. The van der Waals surface area contributed by atoms with Crippen LogP contribution in [0.4, 0.5) is 11.5 Å². The van der Waals surface area contributed by atoms with Gasteiger partial charge in [0.2, 0.25) is 5.88 Å². The Morgan fingerprint density at radius 1 is 1.35 bits per heavy atom. The highest BCUT2D eigenvalue weighted by molar-refractivity contribution is 6.06. The normalized spacial score (nSPS) is 17.4. The molecule has 5 nitrogen and oxygen atoms in total. The summed E-state index contributed by atoms with van der Waals surface area (Å²) in [6, 6.07) is 3.84. The van der Waals surface area contributed by atoms with Crippen LogP contribution < -0.4 is 15.0 Å². The maximum absolute atomic E-state index is 5.16. The summed E-state index contributed by atoms with van der Waals surface area (Å²) in [5, 5.41) is 3.35. The summed E-state index contributed by atoms with van der Waals surface area (Å²) in [7, 11) is 1.62. The highest BCUT2D eigenvalue weighted by atomic mass is 16.5. The number of nitrogens with zero attached hydrogens (tertiary/aromatic N) is 3. The third-order valence-electron chi connectivity index (χ3n) is 3.05. The molecule has 0 unspecified atom stereocenters. The molecular weight excluding hydrogens is 216 g/mol. The second kappa shape index (κ2) is 3.48. The summed E-state index contributed by atoms with van der Waals surface area (Å²) in [6.45, 7) is 4.71. The van der Waals surface area contributed by atoms with Crippen LogP contribution in [0.2, 0.25) is 0 Å². The van der Waals surface area contributed by atoms with Crippen LogP contribution in [-0.2, 0) is 0 Å². The first kappa shape index (κ1) is 10.1. The van der Waals surface area contributed by atoms with E-state index in [1.165, 1.54) is 0 Å². The van der Waals surface area contributed by atoms with Crippen molar-refractivity contribution in [3.8, 4) is 5.88 Å². The lowest BCUT2D eigenvalue weighted by Gasteiger charge is -2.29. The Hall–Kier alpha value is -2.04. The summed E-state index contributed by atoms with van der Waals surface area (Å²) in [4.78, 5) is 11.0. The van der Waals surface area contributed by atoms with Gasteiger partial charge in [-0.1, -0.05) is 0 Å². The van der Waals surface area contributed by atoms with Crippen molar-refractivity contribution < 1.29 is 4.74 Å². The van der Waals surface area contributed by atoms with Crippen molar-refractivity contribution in [3.05, 3.63) is 23.5 Å². The maximum Gasteiger partial charge on any atom is 0.215 e. The molecule has 1 aromatic rings. The smallest absolute Gasteiger partial charge is 0.215 e. The van der Waals surface area contributed by atoms with E-state index in [2.05, 4.69) is 27.1 Å². The zero-order valence-corrected chi connectivity index (χ0v) is 10.1. The molecule has 0 amide bonds. The Bertz CT molecular complexity index is 547. The molecule has 3 heterocycles. The van der Waals surface area contributed by atoms with Gasteiger partial charge >= 0.3 is 0 Å². The first-order valence-corrected chi connectivity index (χ1v) is 5.52. The Morgan fingerprint density at radius 2 is 2.18 bits per heavy atom. The van der Waals surface area contributed by atoms with Gasteiger partial charge in [0.15, 0.2) is 5.82 Å². The number of aromatic nitrogens is 1. The summed E-state index contributed by atoms with van der Waals surface area (Å²) >= 11 is 0. The molecule has 0 aliphatic carbocycles. The summed E-state index contributed by atoms with van der Waals surface area (Å²) < 4.78 is 5.16. The molecule has 0 saturated carbocycles. The summed E-state index contributed by atoms with van der Waals surface area (Å²) in [5.74, 6) is 1.50. The third-order valence-corrected chi connectivity index (χ3v) is 3.05. The van der Waals surface area contributed by atoms with Gasteiger partial charge in [0.25, 0.3) is 0 Å². The molecule has 0 aromatic carbocycles. The van der Waals surface area contributed by atoms with Crippen LogP contribution in [0.5, 0.6) is 5.88 Å². The number of fused-ring (bicyclic) bond motifs is 3. The monoisotopic (exact) mass is 230 g/mol. The van der Waals surface area contributed by atoms with Gasteiger partial charge in [-0.3, -0.25) is 4.99 Å². The van der Waals surface area contributed by atoms with E-state index in [1.54, 1.807) is 7.11 Å². The number of methoxy groups -OCH3 is 1. The van der Waals surface area contributed by atoms with Crippen LogP contribution in [-0.4, -0.2) is 24.5 Å². The Morgan fingerprint density at radius 3 is 2.94 bits per heavy atom. The molecule has 0 atom stereocenters. The fourth-order valence-electron chi connectivity index (χ4n) is 2.27. The lowest BCUT2D eigenvalue weighted by atomic mass is 10.2. The van der Waals surface area contributed by atoms with Crippen molar-refractivity contribution in [2.75, 3.05) is 24.0 Å². The minimum atomic E-state index is 0.619. The quantitative estimate of drug-likeness (QED) is 0.801. The topological polar surface area (TPSA) is 49.8 Å². The first-order chi connectivity index (χ1) is 8.20. The molecule has 0 radical (unpaired) electrons. The van der Waals surface area contributed by atoms with Gasteiger partial charge in [0, 0.05) is 11.8 Å². The Labute approximate surface area is 99.8 Å². The van der Waals surface area contributed by atoms with E-state index in [9.17, 15) is 0 Å². The zero-order valence-electron chi connectivity index (χ0n) is 10.1. The van der Waals surface area contributed by atoms with Crippen LogP contribution in [0.1, 0.15) is 13.8 Å². The predicted octanol–water partition coefficient (Wildman–Crippen LogP) is 1.99. The van der Waals surface area contributed by atoms with Crippen molar-refractivity contribution in [1.82, 2.24) is 4.98 Å². The van der Waals surface area contributed by atoms with Crippen LogP contribution in [0.15, 0.2) is 28.5 Å². The average Bonchev–Trinajstić information content (AvgIpc) is 2.72. The Kier molecular flexibility index (Phi) is 2.07. The van der Waals surface area contributed by atoms with Crippen molar-refractivity contribution in [3.63, 3.8) is 0 Å². The summed E-state index contributed by atoms with van der Waals surface area (Å²) in [6.07, 6.45) is 0. The molecule has 1 aromatic heterocycles. The lowest BCUT2D eigenvalue weighted by Crippen LogP contribution is -2.28. The SMILES string of the molecule is COc1ccc2c(n1)N1CN=C(C)C1=C(C)N2. The highest BCUT2D eigenvalue weighted by Gasteiger charge is 2.29. The molecule has 1 N–H and O–H groups in total. The van der Waals surface area contributed by atoms with Gasteiger partial charge in [-0.2, -0.15) is 4.98 Å². The summed E-state index contributed by atoms with van der Waals surface area (Å²) in [5.41, 5.74) is 4.28. The zero-order chi connectivity index (χ0) is 12.0. The van der Waals surface area contributed by atoms with E-state index in [-0.39, 0.29) is 0 Å². The van der Waals surface area contributed by atoms with E-state index < -0.39 is 0 Å². The second-order valence-electron chi connectivity index (χ2n) is 4.14. The van der Waals surface area contributed by atoms with E-state index in [0.29, 0.717) is 12.5 Å². The number of pyridine rings is 1. The van der Waals surface area contributed by atoms with Crippen molar-refractivity contribution in [2.45, 2.75) is 13.8 Å². The predicted molar refractivity (Wildman–Crippen MR) is 67.6 cm³/mol. The molecule has 0 spiro atoms. The largest absolute Gasteiger partial charge is 0.481 e. The van der Waals surface area contributed by atoms with Crippen LogP contribution in [0, 0.1) is 0 Å². The van der Waals surface area contributed by atoms with Crippen LogP contribution >= 0.6 is 0 Å². The van der Waals surface area contributed by atoms with Crippen LogP contribution in [0.25, 0.3) is 0 Å². The second-order valence-corrected chi connectivity index (χ2v) is 4.14. The van der Waals surface area contributed by atoms with Crippen molar-refractivity contribution in [2.24, 2.45) is 4.99 Å². The number of nitrogens with one attached hydrogen (secondary N) is 1. The minimum Gasteiger partial charge on any atom is -0.481 e. The minimum absolute atomic E-state index is 0.619. The van der Waals surface area contributed by atoms with Gasteiger partial charge in [0.1, 0.15) is 6.67 Å². The molecule has 5 heteroatoms. The molecule has 3 rings (SSSR count). The van der Waals surface area contributed by atoms with E-state index >= 15 is 0 Å². The van der Waals surface area contributed by atoms with Gasteiger partial charge in [0.05, 0.1) is 24.2 Å². The first-order valence-electron chi connectivity index (χ1n) is 5.52. The number of anilines is 2. The molecular formula is C12H14N4O. The van der Waals surface area contributed by atoms with Gasteiger partial charge < -0.3 is 15.0 Å². The van der Waals surface area contributed by atoms with Gasteiger partial charge in [-0.05, 0) is 19.9 Å². The Balaban J connectivity index is 2.12. The fourth-order valence-corrected chi connectivity index (χ4v) is 2.27. The number of allylic oxidation sites excluding steroid dienone is 2. The molecule has 0 bridgehead atoms. The number of rotatable bonds is 1. The van der Waals surface area contributed by atoms with E-state index in [4.69, 9.17) is 4.74 Å². The van der Waals surface area contributed by atoms with Crippen molar-refractivity contribution in [1.29, 1.82) is 0 Å². The molecule has 2 aliphatic heterocycles. The average molecular weight is 230 g/mol. The lowest BCUT2D eigenvalue weighted by molar-refractivity contribution is 0.398.